The molecule has 7 heavy (non-hydrogen) atoms. The smallest absolute Gasteiger partial charge is 0.180 e. The Kier molecular flexibility index (Phi) is 1.12. The summed E-state index contributed by atoms with van der Waals surface area (Å²) in [4.78, 5) is 9.78. The molecule has 36 valence electrons. The molecule has 1 aromatic heterocycles. The topological polar surface area (TPSA) is 42.9 Å². The highest BCUT2D eigenvalue weighted by Gasteiger charge is 1.86. The quantitative estimate of drug-likeness (QED) is 0.495. The third-order valence-electron chi connectivity index (χ3n) is 0.478. The molecule has 1 rings (SSSR count). The summed E-state index contributed by atoms with van der Waals surface area (Å²) < 4.78 is 0. The van der Waals surface area contributed by atoms with E-state index in [0.717, 1.165) is 0 Å². The van der Waals surface area contributed by atoms with Crippen molar-refractivity contribution in [2.75, 3.05) is 0 Å². The first-order valence-corrected chi connectivity index (χ1v) is 2.53. The molecular weight excluding hydrogens is 112 g/mol. The van der Waals surface area contributed by atoms with Gasteiger partial charge in [-0.25, -0.2) is 0 Å². The van der Waals surface area contributed by atoms with Gasteiger partial charge in [-0.2, -0.15) is 0 Å². The van der Waals surface area contributed by atoms with Crippen molar-refractivity contribution in [2.45, 2.75) is 0 Å². The summed E-state index contributed by atoms with van der Waals surface area (Å²) in [5.74, 6) is 0. The van der Waals surface area contributed by atoms with Gasteiger partial charge in [-0.05, 0) is 0 Å². The Morgan fingerprint density at radius 3 is 3.00 bits per heavy atom. The van der Waals surface area contributed by atoms with Crippen molar-refractivity contribution >= 4 is 17.6 Å². The van der Waals surface area contributed by atoms with E-state index in [1.807, 2.05) is 0 Å². The fraction of sp³-hybridized carbons (Fsp3) is 0. The normalized spacial score (nSPS) is 8.57. The summed E-state index contributed by atoms with van der Waals surface area (Å²) in [5.41, 5.74) is 1.52. The molecule has 0 saturated carbocycles. The summed E-state index contributed by atoms with van der Waals surface area (Å²) in [7, 11) is 0. The standard InChI is InChI=1S/C3H2N2OS/c6-1-3-5-4-2-7-3/h1-2H. The second kappa shape index (κ2) is 1.79. The summed E-state index contributed by atoms with van der Waals surface area (Å²) in [6.07, 6.45) is 0.678. The van der Waals surface area contributed by atoms with Crippen LogP contribution in [-0.4, -0.2) is 16.5 Å². The van der Waals surface area contributed by atoms with Crippen LogP contribution in [0, 0.1) is 0 Å². The number of carbonyl (C=O) groups excluding carboxylic acids is 1. The van der Waals surface area contributed by atoms with Crippen LogP contribution in [0.5, 0.6) is 0 Å². The van der Waals surface area contributed by atoms with Crippen molar-refractivity contribution in [3.8, 4) is 0 Å². The number of hydrogen-bond donors (Lipinski definition) is 0. The molecule has 0 fully saturated rings. The molecule has 0 spiro atoms. The summed E-state index contributed by atoms with van der Waals surface area (Å²) in [5, 5.41) is 7.30. The monoisotopic (exact) mass is 114 g/mol. The SMILES string of the molecule is O=Cc1nncs1. The molecule has 0 bridgehead atoms. The lowest BCUT2D eigenvalue weighted by Gasteiger charge is -1.62. The van der Waals surface area contributed by atoms with Gasteiger partial charge in [0.1, 0.15) is 5.51 Å². The van der Waals surface area contributed by atoms with Gasteiger partial charge in [0.15, 0.2) is 11.3 Å². The minimum atomic E-state index is 0.431. The van der Waals surface area contributed by atoms with E-state index >= 15 is 0 Å². The number of rotatable bonds is 1. The molecule has 1 aromatic rings. The predicted octanol–water partition coefficient (Wildman–Crippen LogP) is 0.351. The van der Waals surface area contributed by atoms with Crippen molar-refractivity contribution < 1.29 is 4.79 Å². The van der Waals surface area contributed by atoms with E-state index in [9.17, 15) is 4.79 Å². The van der Waals surface area contributed by atoms with E-state index < -0.39 is 0 Å². The maximum atomic E-state index is 9.78. The van der Waals surface area contributed by atoms with Crippen LogP contribution in [0.1, 0.15) is 9.80 Å². The third kappa shape index (κ3) is 0.806. The van der Waals surface area contributed by atoms with E-state index in [0.29, 0.717) is 11.3 Å². The highest BCUT2D eigenvalue weighted by atomic mass is 32.1. The first kappa shape index (κ1) is 4.39. The average Bonchev–Trinajstić information content (AvgIpc) is 2.14. The molecular formula is C3H2N2OS. The zero-order valence-electron chi connectivity index (χ0n) is 3.37. The van der Waals surface area contributed by atoms with Crippen molar-refractivity contribution in [1.29, 1.82) is 0 Å². The second-order valence-electron chi connectivity index (χ2n) is 0.895. The molecule has 0 amide bonds. The van der Waals surface area contributed by atoms with Gasteiger partial charge in [-0.15, -0.1) is 10.2 Å². The molecule has 0 N–H and O–H groups in total. The van der Waals surface area contributed by atoms with Crippen molar-refractivity contribution in [3.05, 3.63) is 10.5 Å². The molecule has 0 aliphatic heterocycles. The summed E-state index contributed by atoms with van der Waals surface area (Å²) >= 11 is 1.23. The van der Waals surface area contributed by atoms with Crippen LogP contribution in [0.2, 0.25) is 0 Å². The number of nitrogens with zero attached hydrogens (tertiary/aromatic N) is 2. The Balaban J connectivity index is 2.96. The van der Waals surface area contributed by atoms with Crippen molar-refractivity contribution in [2.24, 2.45) is 0 Å². The van der Waals surface area contributed by atoms with E-state index in [-0.39, 0.29) is 0 Å². The van der Waals surface area contributed by atoms with Crippen molar-refractivity contribution in [3.63, 3.8) is 0 Å². The molecule has 0 radical (unpaired) electrons. The van der Waals surface area contributed by atoms with Gasteiger partial charge in [-0.3, -0.25) is 4.79 Å². The maximum absolute atomic E-state index is 9.78. The largest absolute Gasteiger partial charge is 0.295 e. The van der Waals surface area contributed by atoms with Gasteiger partial charge in [0.05, 0.1) is 0 Å². The lowest BCUT2D eigenvalue weighted by atomic mass is 10.8. The Morgan fingerprint density at radius 2 is 2.71 bits per heavy atom. The van der Waals surface area contributed by atoms with E-state index in [4.69, 9.17) is 0 Å². The molecule has 0 atom stereocenters. The molecule has 0 aliphatic rings. The Hall–Kier alpha value is -0.770. The fourth-order valence-corrected chi connectivity index (χ4v) is 0.585. The van der Waals surface area contributed by atoms with Gasteiger partial charge in [0, 0.05) is 0 Å². The molecule has 1 heterocycles. The number of hydrogen-bond acceptors (Lipinski definition) is 4. The summed E-state index contributed by atoms with van der Waals surface area (Å²) in [6, 6.07) is 0. The van der Waals surface area contributed by atoms with Gasteiger partial charge >= 0.3 is 0 Å². The average molecular weight is 114 g/mol. The van der Waals surface area contributed by atoms with Crippen LogP contribution in [0.4, 0.5) is 0 Å². The summed E-state index contributed by atoms with van der Waals surface area (Å²) in [6.45, 7) is 0. The second-order valence-corrected chi connectivity index (χ2v) is 1.76. The third-order valence-corrected chi connectivity index (χ3v) is 1.10. The highest BCUT2D eigenvalue weighted by molar-refractivity contribution is 7.10. The van der Waals surface area contributed by atoms with E-state index in [1.54, 1.807) is 0 Å². The van der Waals surface area contributed by atoms with Crippen LogP contribution in [0.25, 0.3) is 0 Å². The van der Waals surface area contributed by atoms with Crippen LogP contribution in [0.3, 0.4) is 0 Å². The van der Waals surface area contributed by atoms with Gasteiger partial charge in [0.2, 0.25) is 0 Å². The zero-order chi connectivity index (χ0) is 5.11. The first-order chi connectivity index (χ1) is 3.43. The van der Waals surface area contributed by atoms with E-state index in [2.05, 4.69) is 10.2 Å². The number of aromatic nitrogens is 2. The van der Waals surface area contributed by atoms with Crippen LogP contribution >= 0.6 is 11.3 Å². The van der Waals surface area contributed by atoms with Crippen LogP contribution in [-0.2, 0) is 0 Å². The van der Waals surface area contributed by atoms with Gasteiger partial charge in [-0.1, -0.05) is 11.3 Å². The fourth-order valence-electron chi connectivity index (χ4n) is 0.233. The highest BCUT2D eigenvalue weighted by Crippen LogP contribution is 1.94. The minimum absolute atomic E-state index is 0.431. The van der Waals surface area contributed by atoms with Crippen LogP contribution < -0.4 is 0 Å². The Labute approximate surface area is 44.0 Å². The lowest BCUT2D eigenvalue weighted by Crippen LogP contribution is -1.73. The van der Waals surface area contributed by atoms with Gasteiger partial charge < -0.3 is 0 Å². The van der Waals surface area contributed by atoms with Gasteiger partial charge in [0.25, 0.3) is 0 Å². The molecule has 0 aliphatic carbocycles. The predicted molar refractivity (Wildman–Crippen MR) is 25.3 cm³/mol. The molecule has 3 nitrogen and oxygen atoms in total. The van der Waals surface area contributed by atoms with Crippen molar-refractivity contribution in [1.82, 2.24) is 10.2 Å². The molecule has 0 unspecified atom stereocenters. The minimum Gasteiger partial charge on any atom is -0.295 e. The maximum Gasteiger partial charge on any atom is 0.180 e. The first-order valence-electron chi connectivity index (χ1n) is 1.65. The molecule has 0 saturated heterocycles. The van der Waals surface area contributed by atoms with Crippen LogP contribution in [0.15, 0.2) is 5.51 Å². The number of aldehydes is 1. The van der Waals surface area contributed by atoms with E-state index in [1.165, 1.54) is 16.8 Å². The zero-order valence-corrected chi connectivity index (χ0v) is 4.18. The Bertz CT molecular complexity index is 148. The Morgan fingerprint density at radius 1 is 1.86 bits per heavy atom. The molecule has 0 aromatic carbocycles. The molecule has 4 heteroatoms. The number of carbonyl (C=O) groups is 1. The lowest BCUT2D eigenvalue weighted by molar-refractivity contribution is 0.112.